The topological polar surface area (TPSA) is 33.1 Å². The predicted octanol–water partition coefficient (Wildman–Crippen LogP) is 1.76. The number of aromatic nitrogens is 2. The first-order valence-corrected chi connectivity index (χ1v) is 7.15. The number of benzene rings is 1. The van der Waals surface area contributed by atoms with E-state index in [0.29, 0.717) is 6.04 Å². The molecule has 0 unspecified atom stereocenters. The van der Waals surface area contributed by atoms with Crippen LogP contribution in [0.3, 0.4) is 0 Å². The van der Waals surface area contributed by atoms with Crippen LogP contribution in [0.4, 0.5) is 0 Å². The molecule has 1 aromatic heterocycles. The quantitative estimate of drug-likeness (QED) is 0.887. The minimum absolute atomic E-state index is 0.681. The van der Waals surface area contributed by atoms with Crippen molar-refractivity contribution >= 4 is 10.9 Å². The van der Waals surface area contributed by atoms with Gasteiger partial charge >= 0.3 is 0 Å². The van der Waals surface area contributed by atoms with E-state index in [1.807, 2.05) is 11.7 Å². The zero-order valence-corrected chi connectivity index (χ0v) is 11.8. The number of rotatable bonds is 5. The lowest BCUT2D eigenvalue weighted by Gasteiger charge is -2.37. The highest BCUT2D eigenvalue weighted by atomic mass is 15.3. The summed E-state index contributed by atoms with van der Waals surface area (Å²) in [5.74, 6) is 0. The van der Waals surface area contributed by atoms with Gasteiger partial charge in [0.05, 0.1) is 11.2 Å². The molecule has 0 atom stereocenters. The third kappa shape index (κ3) is 2.38. The molecule has 0 saturated carbocycles. The highest BCUT2D eigenvalue weighted by molar-refractivity contribution is 5.81. The lowest BCUT2D eigenvalue weighted by atomic mass is 10.1. The van der Waals surface area contributed by atoms with E-state index < -0.39 is 0 Å². The van der Waals surface area contributed by atoms with Crippen LogP contribution in [0.5, 0.6) is 0 Å². The molecule has 0 bridgehead atoms. The van der Waals surface area contributed by atoms with Crippen LogP contribution in [0, 0.1) is 0 Å². The van der Waals surface area contributed by atoms with Crippen LogP contribution in [0.2, 0.25) is 0 Å². The molecule has 1 aliphatic rings. The molecule has 4 nitrogen and oxygen atoms in total. The smallest absolute Gasteiger partial charge is 0.0843 e. The number of hydrogen-bond acceptors (Lipinski definition) is 3. The summed E-state index contributed by atoms with van der Waals surface area (Å²) in [6.45, 7) is 6.59. The lowest BCUT2D eigenvalue weighted by molar-refractivity contribution is 0.136. The Hall–Kier alpha value is -1.39. The molecular formula is C15H22N4. The second kappa shape index (κ2) is 5.31. The number of para-hydroxylation sites is 1. The maximum Gasteiger partial charge on any atom is 0.0843 e. The Morgan fingerprint density at radius 3 is 2.84 bits per heavy atom. The van der Waals surface area contributed by atoms with E-state index in [1.54, 1.807) is 0 Å². The standard InChI is InChI=1S/C15H22N4/c1-3-8-19(12-9-16-10-12)11-14-13-6-4-5-7-15(13)18(2)17-14/h4-7,12,16H,3,8-11H2,1-2H3. The van der Waals surface area contributed by atoms with Gasteiger partial charge in [-0.15, -0.1) is 0 Å². The number of hydrogen-bond donors (Lipinski definition) is 1. The fraction of sp³-hybridized carbons (Fsp3) is 0.533. The van der Waals surface area contributed by atoms with Crippen molar-refractivity contribution in [1.82, 2.24) is 20.0 Å². The Bertz CT molecular complexity index is 556. The van der Waals surface area contributed by atoms with Crippen LogP contribution in [-0.4, -0.2) is 40.4 Å². The maximum atomic E-state index is 4.71. The molecule has 0 radical (unpaired) electrons. The summed E-state index contributed by atoms with van der Waals surface area (Å²) >= 11 is 0. The van der Waals surface area contributed by atoms with Crippen LogP contribution in [0.1, 0.15) is 19.0 Å². The Morgan fingerprint density at radius 2 is 2.16 bits per heavy atom. The van der Waals surface area contributed by atoms with Crippen molar-refractivity contribution in [1.29, 1.82) is 0 Å². The summed E-state index contributed by atoms with van der Waals surface area (Å²) in [5.41, 5.74) is 2.43. The SMILES string of the molecule is CCCN(Cc1nn(C)c2ccccc12)C1CNC1. The van der Waals surface area contributed by atoms with E-state index in [0.717, 1.165) is 26.2 Å². The third-order valence-corrected chi connectivity index (χ3v) is 3.97. The maximum absolute atomic E-state index is 4.71. The van der Waals surface area contributed by atoms with Crippen molar-refractivity contribution in [3.05, 3.63) is 30.0 Å². The molecule has 1 saturated heterocycles. The first-order chi connectivity index (χ1) is 9.29. The van der Waals surface area contributed by atoms with Gasteiger partial charge in [0.15, 0.2) is 0 Å². The van der Waals surface area contributed by atoms with Gasteiger partial charge in [-0.05, 0) is 19.0 Å². The Morgan fingerprint density at radius 1 is 1.37 bits per heavy atom. The van der Waals surface area contributed by atoms with Gasteiger partial charge in [0.25, 0.3) is 0 Å². The van der Waals surface area contributed by atoms with Crippen LogP contribution in [0.25, 0.3) is 10.9 Å². The molecule has 2 aromatic rings. The van der Waals surface area contributed by atoms with E-state index in [9.17, 15) is 0 Å². The monoisotopic (exact) mass is 258 g/mol. The summed E-state index contributed by atoms with van der Waals surface area (Å²) in [6.07, 6.45) is 1.20. The van der Waals surface area contributed by atoms with Gasteiger partial charge in [0.2, 0.25) is 0 Å². The van der Waals surface area contributed by atoms with Crippen LogP contribution in [0.15, 0.2) is 24.3 Å². The van der Waals surface area contributed by atoms with Crippen molar-refractivity contribution in [2.45, 2.75) is 25.9 Å². The predicted molar refractivity (Wildman–Crippen MR) is 78.1 cm³/mol. The van der Waals surface area contributed by atoms with Crippen LogP contribution in [-0.2, 0) is 13.6 Å². The van der Waals surface area contributed by atoms with E-state index >= 15 is 0 Å². The van der Waals surface area contributed by atoms with Gasteiger partial charge in [-0.1, -0.05) is 25.1 Å². The Balaban J connectivity index is 1.86. The highest BCUT2D eigenvalue weighted by Gasteiger charge is 2.25. The van der Waals surface area contributed by atoms with Gasteiger partial charge < -0.3 is 5.32 Å². The number of nitrogens with one attached hydrogen (secondary N) is 1. The molecule has 0 amide bonds. The fourth-order valence-electron chi connectivity index (χ4n) is 2.81. The van der Waals surface area contributed by atoms with Gasteiger partial charge in [-0.25, -0.2) is 0 Å². The van der Waals surface area contributed by atoms with Gasteiger partial charge in [0, 0.05) is 38.1 Å². The van der Waals surface area contributed by atoms with Crippen molar-refractivity contribution in [3.8, 4) is 0 Å². The van der Waals surface area contributed by atoms with Crippen molar-refractivity contribution in [2.75, 3.05) is 19.6 Å². The molecule has 0 spiro atoms. The highest BCUT2D eigenvalue weighted by Crippen LogP contribution is 2.20. The van der Waals surface area contributed by atoms with E-state index in [2.05, 4.69) is 41.4 Å². The average molecular weight is 258 g/mol. The fourth-order valence-corrected chi connectivity index (χ4v) is 2.81. The molecule has 1 aromatic carbocycles. The summed E-state index contributed by atoms with van der Waals surface area (Å²) in [6, 6.07) is 9.18. The van der Waals surface area contributed by atoms with E-state index in [4.69, 9.17) is 5.10 Å². The molecule has 4 heteroatoms. The van der Waals surface area contributed by atoms with Crippen LogP contribution >= 0.6 is 0 Å². The first kappa shape index (κ1) is 12.6. The number of nitrogens with zero attached hydrogens (tertiary/aromatic N) is 3. The number of fused-ring (bicyclic) bond motifs is 1. The Kier molecular flexibility index (Phi) is 3.53. The molecule has 1 aliphatic heterocycles. The molecule has 1 fully saturated rings. The van der Waals surface area contributed by atoms with Gasteiger partial charge in [-0.3, -0.25) is 9.58 Å². The largest absolute Gasteiger partial charge is 0.314 e. The van der Waals surface area contributed by atoms with Crippen molar-refractivity contribution in [2.24, 2.45) is 7.05 Å². The van der Waals surface area contributed by atoms with E-state index in [1.165, 1.54) is 23.0 Å². The normalized spacial score (nSPS) is 16.2. The molecule has 19 heavy (non-hydrogen) atoms. The first-order valence-electron chi connectivity index (χ1n) is 7.15. The molecule has 3 rings (SSSR count). The molecule has 102 valence electrons. The van der Waals surface area contributed by atoms with Crippen molar-refractivity contribution < 1.29 is 0 Å². The van der Waals surface area contributed by atoms with Crippen LogP contribution < -0.4 is 5.32 Å². The zero-order valence-electron chi connectivity index (χ0n) is 11.8. The lowest BCUT2D eigenvalue weighted by Crippen LogP contribution is -2.57. The molecule has 2 heterocycles. The number of aryl methyl sites for hydroxylation is 1. The van der Waals surface area contributed by atoms with E-state index in [-0.39, 0.29) is 0 Å². The molecule has 1 N–H and O–H groups in total. The van der Waals surface area contributed by atoms with Crippen molar-refractivity contribution in [3.63, 3.8) is 0 Å². The summed E-state index contributed by atoms with van der Waals surface area (Å²) in [7, 11) is 2.03. The summed E-state index contributed by atoms with van der Waals surface area (Å²) < 4.78 is 1.99. The minimum Gasteiger partial charge on any atom is -0.314 e. The van der Waals surface area contributed by atoms with Gasteiger partial charge in [-0.2, -0.15) is 5.10 Å². The molecule has 0 aliphatic carbocycles. The second-order valence-electron chi connectivity index (χ2n) is 5.37. The molecular weight excluding hydrogens is 236 g/mol. The third-order valence-electron chi connectivity index (χ3n) is 3.97. The van der Waals surface area contributed by atoms with Gasteiger partial charge in [0.1, 0.15) is 0 Å². The summed E-state index contributed by atoms with van der Waals surface area (Å²) in [5, 5.41) is 9.36. The average Bonchev–Trinajstić information content (AvgIpc) is 2.65. The minimum atomic E-state index is 0.681. The summed E-state index contributed by atoms with van der Waals surface area (Å²) in [4.78, 5) is 2.56. The second-order valence-corrected chi connectivity index (χ2v) is 5.37. The zero-order chi connectivity index (χ0) is 13.2. The Labute approximate surface area is 114 Å².